The molecule has 0 amide bonds. The number of nitro benzene ring substituents is 3. The molecule has 0 radical (unpaired) electrons. The Labute approximate surface area is 93.9 Å². The molecule has 0 saturated carbocycles. The average molecular weight is 267 g/mol. The number of hydrogen-bond acceptors (Lipinski definition) is 6. The first kappa shape index (κ1) is 13.3. The van der Waals surface area contributed by atoms with Crippen LogP contribution in [0.4, 0.5) is 30.2 Å². The van der Waals surface area contributed by atoms with Crippen LogP contribution >= 0.6 is 0 Å². The molecule has 96 valence electrons. The summed E-state index contributed by atoms with van der Waals surface area (Å²) in [5, 5.41) is 30.8. The summed E-state index contributed by atoms with van der Waals surface area (Å²) in [4.78, 5) is 25.5. The third-order valence-corrected chi connectivity index (χ3v) is 1.80. The Kier molecular flexibility index (Phi) is 3.12. The van der Waals surface area contributed by atoms with E-state index >= 15 is 0 Å². The molecule has 0 spiro atoms. The molecule has 0 aliphatic rings. The average Bonchev–Trinajstić information content (AvgIpc) is 2.14. The number of benzene rings is 1. The molecule has 18 heavy (non-hydrogen) atoms. The molecule has 1 rings (SSSR count). The molecule has 0 aliphatic heterocycles. The van der Waals surface area contributed by atoms with E-state index in [-0.39, 0.29) is 0 Å². The van der Waals surface area contributed by atoms with Crippen molar-refractivity contribution >= 4 is 17.1 Å². The minimum Gasteiger partial charge on any atom is -0.258 e. The molecule has 9 nitrogen and oxygen atoms in total. The van der Waals surface area contributed by atoms with Gasteiger partial charge in [0.15, 0.2) is 0 Å². The molecule has 0 atom stereocenters. The largest absolute Gasteiger partial charge is 0.354 e. The van der Waals surface area contributed by atoms with E-state index in [9.17, 15) is 43.5 Å². The number of halogens is 3. The van der Waals surface area contributed by atoms with Crippen molar-refractivity contribution in [1.82, 2.24) is 0 Å². The van der Waals surface area contributed by atoms with Crippen LogP contribution in [0.1, 0.15) is 0 Å². The van der Waals surface area contributed by atoms with Gasteiger partial charge in [-0.3, -0.25) is 30.3 Å². The summed E-state index contributed by atoms with van der Waals surface area (Å²) >= 11 is 0. The van der Waals surface area contributed by atoms with E-state index in [4.69, 9.17) is 0 Å². The minimum absolute atomic E-state index is 1.76. The summed E-state index contributed by atoms with van der Waals surface area (Å²) in [6, 6.07) is 0. The monoisotopic (exact) mass is 267 g/mol. The van der Waals surface area contributed by atoms with Crippen LogP contribution in [0.5, 0.6) is 0 Å². The van der Waals surface area contributed by atoms with Crippen molar-refractivity contribution in [2.75, 3.05) is 0 Å². The lowest BCUT2D eigenvalue weighted by Gasteiger charge is -2.00. The zero-order chi connectivity index (χ0) is 14.2. The molecule has 0 aromatic heterocycles. The summed E-state index contributed by atoms with van der Waals surface area (Å²) in [7, 11) is 0. The fourth-order valence-electron chi connectivity index (χ4n) is 1.11. The quantitative estimate of drug-likeness (QED) is 0.606. The highest BCUT2D eigenvalue weighted by atomic mass is 19.1. The van der Waals surface area contributed by atoms with Crippen LogP contribution in [0.2, 0.25) is 0 Å². The third kappa shape index (κ3) is 1.79. The first-order valence-corrected chi connectivity index (χ1v) is 3.83. The Morgan fingerprint density at radius 1 is 0.611 bits per heavy atom. The van der Waals surface area contributed by atoms with Crippen molar-refractivity contribution in [1.29, 1.82) is 0 Å². The van der Waals surface area contributed by atoms with Gasteiger partial charge in [0.05, 0.1) is 14.8 Å². The molecule has 0 unspecified atom stereocenters. The Balaban J connectivity index is 3.94. The third-order valence-electron chi connectivity index (χ3n) is 1.80. The van der Waals surface area contributed by atoms with Gasteiger partial charge in [-0.15, -0.1) is 0 Å². The summed E-state index contributed by atoms with van der Waals surface area (Å²) in [5.41, 5.74) is -6.47. The van der Waals surface area contributed by atoms with E-state index in [1.165, 1.54) is 0 Å². The van der Waals surface area contributed by atoms with E-state index < -0.39 is 49.3 Å². The molecular formula is C6F3N3O6. The molecule has 0 heterocycles. The Morgan fingerprint density at radius 3 is 0.889 bits per heavy atom. The second-order valence-corrected chi connectivity index (χ2v) is 2.76. The van der Waals surface area contributed by atoms with Gasteiger partial charge in [0.1, 0.15) is 0 Å². The van der Waals surface area contributed by atoms with Gasteiger partial charge in [0, 0.05) is 0 Å². The van der Waals surface area contributed by atoms with Crippen LogP contribution in [0.25, 0.3) is 0 Å². The molecule has 1 aromatic carbocycles. The van der Waals surface area contributed by atoms with E-state index in [2.05, 4.69) is 0 Å². The first-order valence-electron chi connectivity index (χ1n) is 3.83. The number of nitro groups is 3. The van der Waals surface area contributed by atoms with E-state index in [0.717, 1.165) is 0 Å². The molecule has 0 bridgehead atoms. The maximum absolute atomic E-state index is 13.2. The van der Waals surface area contributed by atoms with E-state index in [0.29, 0.717) is 0 Å². The van der Waals surface area contributed by atoms with Crippen molar-refractivity contribution in [3.8, 4) is 0 Å². The van der Waals surface area contributed by atoms with Gasteiger partial charge in [0.25, 0.3) is 17.5 Å². The zero-order valence-electron chi connectivity index (χ0n) is 7.93. The molecule has 0 aliphatic carbocycles. The van der Waals surface area contributed by atoms with Gasteiger partial charge < -0.3 is 0 Å². The van der Waals surface area contributed by atoms with Gasteiger partial charge in [0.2, 0.25) is 0 Å². The molecule has 0 saturated heterocycles. The molecule has 1 aromatic rings. The van der Waals surface area contributed by atoms with Gasteiger partial charge in [-0.25, -0.2) is 0 Å². The normalized spacial score (nSPS) is 10.2. The SMILES string of the molecule is O=[N+]([O-])c1c(F)c([N+](=O)[O-])c(F)c([N+](=O)[O-])c1F. The maximum atomic E-state index is 13.2. The van der Waals surface area contributed by atoms with Crippen molar-refractivity contribution < 1.29 is 27.9 Å². The fourth-order valence-corrected chi connectivity index (χ4v) is 1.11. The van der Waals surface area contributed by atoms with Gasteiger partial charge in [-0.1, -0.05) is 0 Å². The topological polar surface area (TPSA) is 129 Å². The van der Waals surface area contributed by atoms with Gasteiger partial charge >= 0.3 is 17.1 Å². The Hall–Kier alpha value is -2.79. The lowest BCUT2D eigenvalue weighted by Crippen LogP contribution is -2.08. The molecule has 0 N–H and O–H groups in total. The van der Waals surface area contributed by atoms with E-state index in [1.807, 2.05) is 0 Å². The molecule has 12 heteroatoms. The minimum atomic E-state index is -2.43. The van der Waals surface area contributed by atoms with Crippen molar-refractivity contribution in [3.63, 3.8) is 0 Å². The van der Waals surface area contributed by atoms with Gasteiger partial charge in [-0.2, -0.15) is 13.2 Å². The van der Waals surface area contributed by atoms with Crippen LogP contribution in [0.3, 0.4) is 0 Å². The Bertz CT molecular complexity index is 486. The number of rotatable bonds is 3. The van der Waals surface area contributed by atoms with Crippen LogP contribution < -0.4 is 0 Å². The van der Waals surface area contributed by atoms with Crippen LogP contribution in [-0.2, 0) is 0 Å². The highest BCUT2D eigenvalue weighted by Gasteiger charge is 2.44. The van der Waals surface area contributed by atoms with Gasteiger partial charge in [-0.05, 0) is 0 Å². The lowest BCUT2D eigenvalue weighted by atomic mass is 10.2. The first-order chi connectivity index (χ1) is 8.20. The predicted molar refractivity (Wildman–Crippen MR) is 46.3 cm³/mol. The standard InChI is InChI=1S/C6F3N3O6/c7-1-4(10(13)14)2(8)6(12(17)18)3(9)5(1)11(15)16. The highest BCUT2D eigenvalue weighted by Crippen LogP contribution is 2.38. The van der Waals surface area contributed by atoms with Crippen molar-refractivity contribution in [2.24, 2.45) is 0 Å². The second-order valence-electron chi connectivity index (χ2n) is 2.76. The summed E-state index contributed by atoms with van der Waals surface area (Å²) in [6.45, 7) is 0. The molecular weight excluding hydrogens is 267 g/mol. The maximum Gasteiger partial charge on any atom is 0.354 e. The van der Waals surface area contributed by atoms with Crippen LogP contribution in [0.15, 0.2) is 0 Å². The lowest BCUT2D eigenvalue weighted by molar-refractivity contribution is -0.414. The summed E-state index contributed by atoms with van der Waals surface area (Å²) < 4.78 is 39.5. The summed E-state index contributed by atoms with van der Waals surface area (Å²) in [6.07, 6.45) is 0. The van der Waals surface area contributed by atoms with Crippen LogP contribution in [0, 0.1) is 47.8 Å². The van der Waals surface area contributed by atoms with E-state index in [1.54, 1.807) is 0 Å². The predicted octanol–water partition coefficient (Wildman–Crippen LogP) is 1.83. The van der Waals surface area contributed by atoms with Crippen molar-refractivity contribution in [2.45, 2.75) is 0 Å². The molecule has 0 fully saturated rings. The van der Waals surface area contributed by atoms with Crippen LogP contribution in [-0.4, -0.2) is 14.8 Å². The number of nitrogens with zero attached hydrogens (tertiary/aromatic N) is 3. The summed E-state index contributed by atoms with van der Waals surface area (Å²) in [5.74, 6) is -7.28. The second kappa shape index (κ2) is 4.23. The highest BCUT2D eigenvalue weighted by molar-refractivity contribution is 5.57. The fraction of sp³-hybridized carbons (Fsp3) is 0. The zero-order valence-corrected chi connectivity index (χ0v) is 7.93. The Morgan fingerprint density at radius 2 is 0.778 bits per heavy atom. The van der Waals surface area contributed by atoms with Crippen molar-refractivity contribution in [3.05, 3.63) is 47.8 Å². The smallest absolute Gasteiger partial charge is 0.258 e. The number of hydrogen-bond donors (Lipinski definition) is 0.